The number of hydrogen-bond donors (Lipinski definition) is 2. The lowest BCUT2D eigenvalue weighted by molar-refractivity contribution is -0.119. The molecule has 1 atom stereocenters. The molecule has 1 saturated heterocycles. The van der Waals surface area contributed by atoms with Crippen molar-refractivity contribution in [2.75, 3.05) is 19.0 Å². The highest BCUT2D eigenvalue weighted by molar-refractivity contribution is 5.86. The van der Waals surface area contributed by atoms with E-state index in [0.717, 1.165) is 0 Å². The number of anilines is 1. The summed E-state index contributed by atoms with van der Waals surface area (Å²) in [6.45, 7) is 0.569. The molecule has 0 aliphatic carbocycles. The molecule has 2 rings (SSSR count). The number of carbonyl (C=O) groups is 2. The van der Waals surface area contributed by atoms with Gasteiger partial charge < -0.3 is 15.4 Å². The second kappa shape index (κ2) is 4.77. The molecule has 0 aromatic carbocycles. The van der Waals surface area contributed by atoms with Crippen LogP contribution in [0.4, 0.5) is 5.82 Å². The minimum Gasteiger partial charge on any atom is -0.464 e. The number of amides is 1. The largest absolute Gasteiger partial charge is 0.464 e. The number of hydrogen-bond acceptors (Lipinski definition) is 6. The quantitative estimate of drug-likeness (QED) is 0.691. The normalized spacial score (nSPS) is 18.6. The average molecular weight is 236 g/mol. The standard InChI is InChI=1S/C10H12N4O3/c1-17-10(16)7-4-12-8(5-11-7)14-6-2-9(15)13-3-6/h4-6H,2-3H2,1H3,(H,12,14)(H,13,15). The molecule has 1 amide bonds. The van der Waals surface area contributed by atoms with Crippen molar-refractivity contribution in [3.05, 3.63) is 18.1 Å². The maximum atomic E-state index is 11.1. The van der Waals surface area contributed by atoms with Crippen molar-refractivity contribution in [1.29, 1.82) is 0 Å². The van der Waals surface area contributed by atoms with E-state index in [9.17, 15) is 9.59 Å². The highest BCUT2D eigenvalue weighted by atomic mass is 16.5. The average Bonchev–Trinajstić information content (AvgIpc) is 2.75. The fourth-order valence-electron chi connectivity index (χ4n) is 1.53. The van der Waals surface area contributed by atoms with Crippen LogP contribution < -0.4 is 10.6 Å². The fourth-order valence-corrected chi connectivity index (χ4v) is 1.53. The van der Waals surface area contributed by atoms with Crippen molar-refractivity contribution in [3.63, 3.8) is 0 Å². The van der Waals surface area contributed by atoms with Crippen molar-refractivity contribution < 1.29 is 14.3 Å². The predicted octanol–water partition coefficient (Wildman–Crippen LogP) is -0.436. The molecule has 0 spiro atoms. The topological polar surface area (TPSA) is 93.2 Å². The van der Waals surface area contributed by atoms with Gasteiger partial charge in [0.2, 0.25) is 5.91 Å². The van der Waals surface area contributed by atoms with Gasteiger partial charge in [-0.15, -0.1) is 0 Å². The van der Waals surface area contributed by atoms with Crippen molar-refractivity contribution in [2.24, 2.45) is 0 Å². The molecule has 2 N–H and O–H groups in total. The SMILES string of the molecule is COC(=O)c1cnc(NC2CNC(=O)C2)cn1. The first-order chi connectivity index (χ1) is 8.19. The minimum atomic E-state index is -0.526. The lowest BCUT2D eigenvalue weighted by Crippen LogP contribution is -2.23. The second-order valence-electron chi connectivity index (χ2n) is 3.63. The van der Waals surface area contributed by atoms with Crippen LogP contribution >= 0.6 is 0 Å². The van der Waals surface area contributed by atoms with Crippen LogP contribution in [0.5, 0.6) is 0 Å². The number of aromatic nitrogens is 2. The van der Waals surface area contributed by atoms with Crippen LogP contribution in [-0.4, -0.2) is 41.5 Å². The predicted molar refractivity (Wildman–Crippen MR) is 58.4 cm³/mol. The summed E-state index contributed by atoms with van der Waals surface area (Å²) in [5.74, 6) is 0.0163. The van der Waals surface area contributed by atoms with E-state index in [1.165, 1.54) is 19.5 Å². The number of nitrogens with zero attached hydrogens (tertiary/aromatic N) is 2. The molecule has 1 aliphatic heterocycles. The Kier molecular flexibility index (Phi) is 3.17. The molecule has 2 heterocycles. The Bertz CT molecular complexity index is 432. The van der Waals surface area contributed by atoms with Crippen LogP contribution in [0.3, 0.4) is 0 Å². The number of nitrogens with one attached hydrogen (secondary N) is 2. The van der Waals surface area contributed by atoms with Gasteiger partial charge in [0.1, 0.15) is 5.82 Å². The molecule has 17 heavy (non-hydrogen) atoms. The Hall–Kier alpha value is -2.18. The van der Waals surface area contributed by atoms with Gasteiger partial charge in [0.15, 0.2) is 5.69 Å². The monoisotopic (exact) mass is 236 g/mol. The first-order valence-corrected chi connectivity index (χ1v) is 5.12. The maximum Gasteiger partial charge on any atom is 0.358 e. The Morgan fingerprint density at radius 3 is 2.88 bits per heavy atom. The van der Waals surface area contributed by atoms with Crippen LogP contribution in [0.2, 0.25) is 0 Å². The Morgan fingerprint density at radius 2 is 2.35 bits per heavy atom. The van der Waals surface area contributed by atoms with Crippen LogP contribution in [0, 0.1) is 0 Å². The summed E-state index contributed by atoms with van der Waals surface area (Å²) in [5.41, 5.74) is 0.152. The summed E-state index contributed by atoms with van der Waals surface area (Å²) in [6, 6.07) is 0.0146. The Morgan fingerprint density at radius 1 is 1.53 bits per heavy atom. The van der Waals surface area contributed by atoms with Crippen molar-refractivity contribution in [1.82, 2.24) is 15.3 Å². The molecule has 7 nitrogen and oxygen atoms in total. The number of methoxy groups -OCH3 is 1. The molecule has 0 radical (unpaired) electrons. The summed E-state index contributed by atoms with van der Waals surface area (Å²) in [7, 11) is 1.28. The van der Waals surface area contributed by atoms with Crippen molar-refractivity contribution in [3.8, 4) is 0 Å². The van der Waals surface area contributed by atoms with Gasteiger partial charge in [-0.05, 0) is 0 Å². The van der Waals surface area contributed by atoms with E-state index in [0.29, 0.717) is 18.8 Å². The summed E-state index contributed by atoms with van der Waals surface area (Å²) in [5, 5.41) is 5.75. The molecular formula is C10H12N4O3. The fraction of sp³-hybridized carbons (Fsp3) is 0.400. The van der Waals surface area contributed by atoms with Crippen LogP contribution in [0.1, 0.15) is 16.9 Å². The van der Waals surface area contributed by atoms with Gasteiger partial charge in [-0.2, -0.15) is 0 Å². The van der Waals surface area contributed by atoms with Crippen molar-refractivity contribution >= 4 is 17.7 Å². The maximum absolute atomic E-state index is 11.1. The minimum absolute atomic E-state index is 0.0146. The number of ether oxygens (including phenoxy) is 1. The highest BCUT2D eigenvalue weighted by Gasteiger charge is 2.21. The number of carbonyl (C=O) groups excluding carboxylic acids is 2. The molecule has 90 valence electrons. The molecule has 1 aromatic rings. The Balaban J connectivity index is 1.98. The zero-order valence-corrected chi connectivity index (χ0v) is 9.27. The van der Waals surface area contributed by atoms with Crippen molar-refractivity contribution in [2.45, 2.75) is 12.5 Å². The van der Waals surface area contributed by atoms with E-state index in [-0.39, 0.29) is 17.6 Å². The molecular weight excluding hydrogens is 224 g/mol. The third kappa shape index (κ3) is 2.68. The summed E-state index contributed by atoms with van der Waals surface area (Å²) < 4.78 is 4.51. The Labute approximate surface area is 97.6 Å². The first-order valence-electron chi connectivity index (χ1n) is 5.12. The van der Waals surface area contributed by atoms with E-state index in [1.807, 2.05) is 0 Å². The summed E-state index contributed by atoms with van der Waals surface area (Å²) >= 11 is 0. The number of esters is 1. The van der Waals surface area contributed by atoms with Gasteiger partial charge in [0, 0.05) is 13.0 Å². The van der Waals surface area contributed by atoms with Gasteiger partial charge >= 0.3 is 5.97 Å². The second-order valence-corrected chi connectivity index (χ2v) is 3.63. The van der Waals surface area contributed by atoms with Gasteiger partial charge in [-0.1, -0.05) is 0 Å². The van der Waals surface area contributed by atoms with Gasteiger partial charge in [-0.25, -0.2) is 14.8 Å². The van der Waals surface area contributed by atoms with E-state index in [4.69, 9.17) is 0 Å². The molecule has 1 fully saturated rings. The third-order valence-electron chi connectivity index (χ3n) is 2.38. The summed E-state index contributed by atoms with van der Waals surface area (Å²) in [4.78, 5) is 30.0. The summed E-state index contributed by atoms with van der Waals surface area (Å²) in [6.07, 6.45) is 3.19. The zero-order valence-electron chi connectivity index (χ0n) is 9.27. The number of rotatable bonds is 3. The van der Waals surface area contributed by atoms with E-state index in [2.05, 4.69) is 25.3 Å². The molecule has 0 saturated carbocycles. The molecule has 1 unspecified atom stereocenters. The molecule has 0 bridgehead atoms. The molecule has 1 aliphatic rings. The molecule has 7 heteroatoms. The van der Waals surface area contributed by atoms with E-state index in [1.54, 1.807) is 0 Å². The molecule has 1 aromatic heterocycles. The van der Waals surface area contributed by atoms with Gasteiger partial charge in [-0.3, -0.25) is 4.79 Å². The van der Waals surface area contributed by atoms with Crippen LogP contribution in [0.25, 0.3) is 0 Å². The van der Waals surface area contributed by atoms with Gasteiger partial charge in [0.25, 0.3) is 0 Å². The smallest absolute Gasteiger partial charge is 0.358 e. The zero-order chi connectivity index (χ0) is 12.3. The van der Waals surface area contributed by atoms with E-state index < -0.39 is 5.97 Å². The third-order valence-corrected chi connectivity index (χ3v) is 2.38. The first kappa shape index (κ1) is 11.3. The lowest BCUT2D eigenvalue weighted by Gasteiger charge is -2.10. The van der Waals surface area contributed by atoms with Crippen LogP contribution in [0.15, 0.2) is 12.4 Å². The lowest BCUT2D eigenvalue weighted by atomic mass is 10.2. The van der Waals surface area contributed by atoms with Gasteiger partial charge in [0.05, 0.1) is 25.5 Å². The van der Waals surface area contributed by atoms with E-state index >= 15 is 0 Å². The van der Waals surface area contributed by atoms with Crippen LogP contribution in [-0.2, 0) is 9.53 Å². The highest BCUT2D eigenvalue weighted by Crippen LogP contribution is 2.08.